The molecule has 0 amide bonds. The van der Waals surface area contributed by atoms with Crippen molar-refractivity contribution in [2.24, 2.45) is 0 Å². The molecule has 142 valence electrons. The number of hydrogen-bond acceptors (Lipinski definition) is 4. The van der Waals surface area contributed by atoms with Crippen LogP contribution in [0, 0.1) is 0 Å². The lowest BCUT2D eigenvalue weighted by atomic mass is 10.0. The van der Waals surface area contributed by atoms with Crippen molar-refractivity contribution in [2.45, 2.75) is 13.0 Å². The zero-order valence-electron chi connectivity index (χ0n) is 15.6. The van der Waals surface area contributed by atoms with E-state index in [1.54, 1.807) is 11.3 Å². The fraction of sp³-hybridized carbons (Fsp3) is 0.273. The molecule has 0 unspecified atom stereocenters. The van der Waals surface area contributed by atoms with E-state index in [-0.39, 0.29) is 12.4 Å². The van der Waals surface area contributed by atoms with Gasteiger partial charge in [-0.1, -0.05) is 30.3 Å². The highest BCUT2D eigenvalue weighted by Gasteiger charge is 2.22. The third-order valence-corrected chi connectivity index (χ3v) is 5.59. The molecule has 0 saturated carbocycles. The third kappa shape index (κ3) is 4.36. The van der Waals surface area contributed by atoms with Gasteiger partial charge in [0, 0.05) is 33.1 Å². The Balaban J connectivity index is 0.00000210. The van der Waals surface area contributed by atoms with Gasteiger partial charge in [-0.3, -0.25) is 0 Å². The average molecular weight is 402 g/mol. The Hall–Kier alpha value is -1.85. The van der Waals surface area contributed by atoms with Gasteiger partial charge in [-0.2, -0.15) is 0 Å². The number of fused-ring (bicyclic) bond motifs is 5. The zero-order valence-corrected chi connectivity index (χ0v) is 17.2. The summed E-state index contributed by atoms with van der Waals surface area (Å²) in [4.78, 5) is 4.70. The van der Waals surface area contributed by atoms with Crippen LogP contribution in [0.3, 0.4) is 0 Å². The van der Waals surface area contributed by atoms with Crippen LogP contribution in [0.5, 0.6) is 11.5 Å². The number of hydrogen-bond donors (Lipinski definition) is 0. The summed E-state index contributed by atoms with van der Waals surface area (Å²) in [5, 5.41) is 0. The van der Waals surface area contributed by atoms with Crippen LogP contribution < -0.4 is 4.74 Å². The first-order valence-electron chi connectivity index (χ1n) is 8.94. The molecule has 3 aromatic rings. The van der Waals surface area contributed by atoms with E-state index in [0.29, 0.717) is 6.61 Å². The monoisotopic (exact) mass is 401 g/mol. The summed E-state index contributed by atoms with van der Waals surface area (Å²) in [6, 6.07) is 18.8. The van der Waals surface area contributed by atoms with E-state index >= 15 is 0 Å². The van der Waals surface area contributed by atoms with Crippen molar-refractivity contribution in [1.29, 1.82) is 0 Å². The molecule has 3 nitrogen and oxygen atoms in total. The molecule has 1 aliphatic rings. The predicted molar refractivity (Wildman–Crippen MR) is 115 cm³/mol. The molecule has 0 spiro atoms. The van der Waals surface area contributed by atoms with Gasteiger partial charge >= 0.3 is 0 Å². The van der Waals surface area contributed by atoms with Gasteiger partial charge in [-0.05, 0) is 51.3 Å². The fourth-order valence-electron chi connectivity index (χ4n) is 3.21. The largest absolute Gasteiger partial charge is 0.456 e. The highest BCUT2D eigenvalue weighted by molar-refractivity contribution is 7.16. The molecule has 0 radical (unpaired) electrons. The molecule has 27 heavy (non-hydrogen) atoms. The summed E-state index contributed by atoms with van der Waals surface area (Å²) in [7, 11) is 4.18. The smallest absolute Gasteiger partial charge is 0.136 e. The first kappa shape index (κ1) is 19.9. The Bertz CT molecular complexity index is 844. The van der Waals surface area contributed by atoms with Crippen LogP contribution in [0.15, 0.2) is 54.6 Å². The molecule has 4 rings (SSSR count). The molecule has 0 saturated heterocycles. The summed E-state index contributed by atoms with van der Waals surface area (Å²) in [6.45, 7) is 2.51. The lowest BCUT2D eigenvalue weighted by molar-refractivity contribution is 0.115. The fourth-order valence-corrected chi connectivity index (χ4v) is 4.35. The second kappa shape index (κ2) is 8.89. The molecular formula is C22H24ClNO2S. The van der Waals surface area contributed by atoms with Gasteiger partial charge in [-0.15, -0.1) is 23.7 Å². The second-order valence-electron chi connectivity index (χ2n) is 6.76. The predicted octanol–water partition coefficient (Wildman–Crippen LogP) is 6.08. The van der Waals surface area contributed by atoms with Gasteiger partial charge in [0.15, 0.2) is 0 Å². The molecular weight excluding hydrogens is 378 g/mol. The van der Waals surface area contributed by atoms with E-state index in [0.717, 1.165) is 42.2 Å². The quantitative estimate of drug-likeness (QED) is 0.365. The van der Waals surface area contributed by atoms with Gasteiger partial charge in [0.05, 0.1) is 6.61 Å². The topological polar surface area (TPSA) is 21.7 Å². The van der Waals surface area contributed by atoms with Crippen molar-refractivity contribution in [2.75, 3.05) is 27.2 Å². The number of halogens is 1. The van der Waals surface area contributed by atoms with E-state index in [2.05, 4.69) is 49.3 Å². The van der Waals surface area contributed by atoms with Gasteiger partial charge in [0.2, 0.25) is 0 Å². The number of para-hydroxylation sites is 2. The maximum absolute atomic E-state index is 6.19. The lowest BCUT2D eigenvalue weighted by Gasteiger charge is -2.09. The zero-order chi connectivity index (χ0) is 17.9. The Morgan fingerprint density at radius 1 is 0.926 bits per heavy atom. The third-order valence-electron chi connectivity index (χ3n) is 4.45. The summed E-state index contributed by atoms with van der Waals surface area (Å²) in [5.41, 5.74) is 3.54. The van der Waals surface area contributed by atoms with Gasteiger partial charge in [0.25, 0.3) is 0 Å². The molecule has 0 bridgehead atoms. The standard InChI is InChI=1S/C22H23NO2S.ClH/c1-23(2)12-7-13-24-15-16-14-19-17-8-3-5-10-20(17)25-21-11-6-4-9-18(21)22(19)26-16;/h3-6,8-11,14H,7,12-13,15H2,1-2H3;1H. The number of ether oxygens (including phenoxy) is 2. The van der Waals surface area contributed by atoms with Gasteiger partial charge < -0.3 is 14.4 Å². The Morgan fingerprint density at radius 2 is 1.59 bits per heavy atom. The van der Waals surface area contributed by atoms with Crippen molar-refractivity contribution in [3.63, 3.8) is 0 Å². The summed E-state index contributed by atoms with van der Waals surface area (Å²) in [6.07, 6.45) is 1.05. The second-order valence-corrected chi connectivity index (χ2v) is 7.90. The molecule has 0 fully saturated rings. The summed E-state index contributed by atoms with van der Waals surface area (Å²) < 4.78 is 12.1. The molecule has 0 atom stereocenters. The maximum atomic E-state index is 6.19. The van der Waals surface area contributed by atoms with E-state index in [9.17, 15) is 0 Å². The van der Waals surface area contributed by atoms with Crippen LogP contribution in [0.4, 0.5) is 0 Å². The molecule has 1 aliphatic heterocycles. The van der Waals surface area contributed by atoms with Crippen molar-refractivity contribution >= 4 is 23.7 Å². The van der Waals surface area contributed by atoms with Crippen molar-refractivity contribution in [3.8, 4) is 33.1 Å². The molecule has 1 aromatic heterocycles. The summed E-state index contributed by atoms with van der Waals surface area (Å²) in [5.74, 6) is 1.83. The maximum Gasteiger partial charge on any atom is 0.136 e. The van der Waals surface area contributed by atoms with Gasteiger partial charge in [-0.25, -0.2) is 0 Å². The van der Waals surface area contributed by atoms with Crippen molar-refractivity contribution in [1.82, 2.24) is 4.90 Å². The SMILES string of the molecule is CN(C)CCCOCc1cc2c(s1)-c1ccccc1Oc1ccccc1-2.Cl. The van der Waals surface area contributed by atoms with Crippen LogP contribution in [-0.2, 0) is 11.3 Å². The normalized spacial score (nSPS) is 11.7. The van der Waals surface area contributed by atoms with Crippen LogP contribution in [-0.4, -0.2) is 32.1 Å². The Labute approximate surface area is 171 Å². The Morgan fingerprint density at radius 3 is 2.33 bits per heavy atom. The summed E-state index contributed by atoms with van der Waals surface area (Å²) >= 11 is 1.80. The van der Waals surface area contributed by atoms with Crippen molar-refractivity contribution < 1.29 is 9.47 Å². The highest BCUT2D eigenvalue weighted by Crippen LogP contribution is 2.49. The number of thiophene rings is 1. The van der Waals surface area contributed by atoms with Crippen LogP contribution in [0.1, 0.15) is 11.3 Å². The number of rotatable bonds is 6. The number of nitrogens with zero attached hydrogens (tertiary/aromatic N) is 1. The molecule has 0 aliphatic carbocycles. The lowest BCUT2D eigenvalue weighted by Crippen LogP contribution is -2.14. The highest BCUT2D eigenvalue weighted by atomic mass is 35.5. The van der Waals surface area contributed by atoms with Crippen LogP contribution in [0.25, 0.3) is 21.6 Å². The molecule has 2 aromatic carbocycles. The van der Waals surface area contributed by atoms with E-state index in [1.807, 2.05) is 24.3 Å². The minimum absolute atomic E-state index is 0. The van der Waals surface area contributed by atoms with E-state index < -0.39 is 0 Å². The number of benzene rings is 2. The van der Waals surface area contributed by atoms with E-state index in [1.165, 1.54) is 15.3 Å². The minimum Gasteiger partial charge on any atom is -0.456 e. The van der Waals surface area contributed by atoms with Crippen LogP contribution >= 0.6 is 23.7 Å². The van der Waals surface area contributed by atoms with Gasteiger partial charge in [0.1, 0.15) is 11.5 Å². The molecule has 2 heterocycles. The first-order chi connectivity index (χ1) is 12.7. The molecule has 5 heteroatoms. The van der Waals surface area contributed by atoms with E-state index in [4.69, 9.17) is 9.47 Å². The first-order valence-corrected chi connectivity index (χ1v) is 9.76. The molecule has 0 N–H and O–H groups in total. The van der Waals surface area contributed by atoms with Crippen LogP contribution in [0.2, 0.25) is 0 Å². The average Bonchev–Trinajstić information content (AvgIpc) is 3.01. The van der Waals surface area contributed by atoms with Crippen molar-refractivity contribution in [3.05, 3.63) is 59.5 Å². The Kier molecular flexibility index (Phi) is 6.55. The minimum atomic E-state index is 0.